The monoisotopic (exact) mass is 490 g/mol. The van der Waals surface area contributed by atoms with Crippen LogP contribution in [0.4, 0.5) is 5.69 Å². The number of hydrogen-bond donors (Lipinski definition) is 1. The molecule has 0 saturated heterocycles. The lowest BCUT2D eigenvalue weighted by molar-refractivity contribution is -0.116. The first-order valence-corrected chi connectivity index (χ1v) is 11.4. The van der Waals surface area contributed by atoms with Crippen molar-refractivity contribution in [2.45, 2.75) is 10.9 Å². The Morgan fingerprint density at radius 1 is 1.00 bits per heavy atom. The van der Waals surface area contributed by atoms with Crippen LogP contribution in [0.25, 0.3) is 0 Å². The maximum absolute atomic E-state index is 13.6. The fourth-order valence-corrected chi connectivity index (χ4v) is 5.65. The molecule has 0 spiro atoms. The Morgan fingerprint density at radius 3 is 2.48 bits per heavy atom. The fourth-order valence-electron chi connectivity index (χ4n) is 3.42. The van der Waals surface area contributed by atoms with Crippen molar-refractivity contribution in [1.29, 1.82) is 0 Å². The molecule has 5 nitrogen and oxygen atoms in total. The van der Waals surface area contributed by atoms with Crippen LogP contribution in [-0.2, 0) is 14.8 Å². The van der Waals surface area contributed by atoms with Crippen LogP contribution >= 0.6 is 27.5 Å². The van der Waals surface area contributed by atoms with Crippen LogP contribution in [0.1, 0.15) is 17.2 Å². The van der Waals surface area contributed by atoms with Crippen molar-refractivity contribution in [2.24, 2.45) is 0 Å². The summed E-state index contributed by atoms with van der Waals surface area (Å²) in [6.07, 6.45) is 0. The zero-order valence-corrected chi connectivity index (χ0v) is 18.2. The molecule has 0 aliphatic carbocycles. The van der Waals surface area contributed by atoms with Crippen molar-refractivity contribution in [3.63, 3.8) is 0 Å². The summed E-state index contributed by atoms with van der Waals surface area (Å²) in [5.41, 5.74) is 2.02. The minimum atomic E-state index is -4.02. The first-order valence-electron chi connectivity index (χ1n) is 8.78. The minimum Gasteiger partial charge on any atom is -0.325 e. The lowest BCUT2D eigenvalue weighted by Gasteiger charge is -2.29. The molecule has 0 radical (unpaired) electrons. The summed E-state index contributed by atoms with van der Waals surface area (Å²) in [6.45, 7) is -0.319. The van der Waals surface area contributed by atoms with E-state index in [1.807, 2.05) is 42.5 Å². The molecule has 8 heteroatoms. The van der Waals surface area contributed by atoms with Crippen LogP contribution in [0.3, 0.4) is 0 Å². The predicted molar refractivity (Wildman–Crippen MR) is 116 cm³/mol. The first-order chi connectivity index (χ1) is 13.9. The molecule has 0 bridgehead atoms. The van der Waals surface area contributed by atoms with Gasteiger partial charge in [-0.2, -0.15) is 4.31 Å². The van der Waals surface area contributed by atoms with E-state index >= 15 is 0 Å². The van der Waals surface area contributed by atoms with Crippen molar-refractivity contribution in [1.82, 2.24) is 4.31 Å². The van der Waals surface area contributed by atoms with Gasteiger partial charge in [0.2, 0.25) is 15.9 Å². The van der Waals surface area contributed by atoms with Crippen LogP contribution in [0.2, 0.25) is 5.02 Å². The van der Waals surface area contributed by atoms with Gasteiger partial charge in [-0.25, -0.2) is 8.42 Å². The van der Waals surface area contributed by atoms with Gasteiger partial charge < -0.3 is 5.32 Å². The van der Waals surface area contributed by atoms with E-state index in [-0.39, 0.29) is 11.4 Å². The van der Waals surface area contributed by atoms with Gasteiger partial charge in [-0.15, -0.1) is 0 Å². The molecule has 1 heterocycles. The van der Waals surface area contributed by atoms with Gasteiger partial charge in [-0.1, -0.05) is 63.9 Å². The minimum absolute atomic E-state index is 0.0391. The SMILES string of the molecule is O=C1CN(S(=O)(=O)c2cccc(Cl)c2)[C@@H](c2ccccc2)c2cc(Br)ccc2N1. The number of halogens is 2. The number of carbonyl (C=O) groups excluding carboxylic acids is 1. The molecule has 1 aliphatic heterocycles. The number of fused-ring (bicyclic) bond motifs is 1. The fraction of sp³-hybridized carbons (Fsp3) is 0.0952. The Bertz CT molecular complexity index is 1190. The third-order valence-electron chi connectivity index (χ3n) is 4.69. The number of rotatable bonds is 3. The van der Waals surface area contributed by atoms with E-state index in [0.717, 1.165) is 10.0 Å². The molecule has 0 unspecified atom stereocenters. The van der Waals surface area contributed by atoms with Crippen LogP contribution in [0.5, 0.6) is 0 Å². The lowest BCUT2D eigenvalue weighted by atomic mass is 9.97. The van der Waals surface area contributed by atoms with Crippen LogP contribution in [0.15, 0.2) is 82.2 Å². The normalized spacial score (nSPS) is 17.3. The number of nitrogens with zero attached hydrogens (tertiary/aromatic N) is 1. The summed E-state index contributed by atoms with van der Waals surface area (Å²) in [4.78, 5) is 12.6. The zero-order chi connectivity index (χ0) is 20.6. The van der Waals surface area contributed by atoms with Gasteiger partial charge >= 0.3 is 0 Å². The molecule has 3 aromatic carbocycles. The van der Waals surface area contributed by atoms with Crippen LogP contribution in [-0.4, -0.2) is 25.2 Å². The van der Waals surface area contributed by atoms with Crippen molar-refractivity contribution in [3.05, 3.63) is 93.4 Å². The third-order valence-corrected chi connectivity index (χ3v) is 7.22. The van der Waals surface area contributed by atoms with E-state index in [1.165, 1.54) is 16.4 Å². The highest BCUT2D eigenvalue weighted by atomic mass is 79.9. The molecule has 29 heavy (non-hydrogen) atoms. The van der Waals surface area contributed by atoms with E-state index in [4.69, 9.17) is 11.6 Å². The van der Waals surface area contributed by atoms with Gasteiger partial charge in [-0.05, 0) is 47.5 Å². The number of benzene rings is 3. The Kier molecular flexibility index (Phi) is 5.48. The summed E-state index contributed by atoms with van der Waals surface area (Å²) < 4.78 is 29.2. The largest absolute Gasteiger partial charge is 0.325 e. The molecule has 1 N–H and O–H groups in total. The second-order valence-electron chi connectivity index (χ2n) is 6.60. The van der Waals surface area contributed by atoms with E-state index < -0.39 is 22.0 Å². The predicted octanol–water partition coefficient (Wildman–Crippen LogP) is 4.83. The first kappa shape index (κ1) is 20.1. The highest BCUT2D eigenvalue weighted by molar-refractivity contribution is 9.10. The average molecular weight is 492 g/mol. The van der Waals surface area contributed by atoms with Gasteiger partial charge in [0.15, 0.2) is 0 Å². The van der Waals surface area contributed by atoms with Gasteiger partial charge in [0.1, 0.15) is 0 Å². The summed E-state index contributed by atoms with van der Waals surface area (Å²) in [7, 11) is -4.02. The van der Waals surface area contributed by atoms with E-state index in [1.54, 1.807) is 18.2 Å². The Hall–Kier alpha value is -2.19. The number of nitrogens with one attached hydrogen (secondary N) is 1. The molecular formula is C21H16BrClN2O3S. The number of carbonyl (C=O) groups is 1. The number of hydrogen-bond acceptors (Lipinski definition) is 3. The molecule has 4 rings (SSSR count). The molecule has 0 saturated carbocycles. The van der Waals surface area contributed by atoms with Crippen LogP contribution in [0, 0.1) is 0 Å². The summed E-state index contributed by atoms with van der Waals surface area (Å²) in [5, 5.41) is 3.13. The highest BCUT2D eigenvalue weighted by Crippen LogP contribution is 2.40. The quantitative estimate of drug-likeness (QED) is 0.570. The average Bonchev–Trinajstić information content (AvgIpc) is 2.84. The highest BCUT2D eigenvalue weighted by Gasteiger charge is 2.38. The van der Waals surface area contributed by atoms with E-state index in [2.05, 4.69) is 21.2 Å². The maximum atomic E-state index is 13.6. The molecule has 148 valence electrons. The maximum Gasteiger partial charge on any atom is 0.244 e. The molecule has 1 aliphatic rings. The number of anilines is 1. The van der Waals surface area contributed by atoms with Crippen LogP contribution < -0.4 is 5.32 Å². The standard InChI is InChI=1S/C21H16BrClN2O3S/c22-15-9-10-19-18(11-15)21(14-5-2-1-3-6-14)25(13-20(26)24-19)29(27,28)17-8-4-7-16(23)12-17/h1-12,21H,13H2,(H,24,26)/t21-/m0/s1. The molecule has 0 fully saturated rings. The van der Waals surface area contributed by atoms with Gasteiger partial charge in [0.25, 0.3) is 0 Å². The zero-order valence-electron chi connectivity index (χ0n) is 15.0. The molecule has 1 amide bonds. The number of amides is 1. The molecule has 3 aromatic rings. The second-order valence-corrected chi connectivity index (χ2v) is 9.84. The van der Waals surface area contributed by atoms with Crippen molar-refractivity contribution in [3.8, 4) is 0 Å². The Labute approximate surface area is 182 Å². The van der Waals surface area contributed by atoms with Gasteiger partial charge in [0.05, 0.1) is 17.5 Å². The topological polar surface area (TPSA) is 66.5 Å². The third kappa shape index (κ3) is 3.96. The van der Waals surface area contributed by atoms with Gasteiger partial charge in [0, 0.05) is 15.2 Å². The van der Waals surface area contributed by atoms with E-state index in [0.29, 0.717) is 16.3 Å². The summed E-state index contributed by atoms with van der Waals surface area (Å²) in [5.74, 6) is -0.405. The lowest BCUT2D eigenvalue weighted by Crippen LogP contribution is -2.38. The van der Waals surface area contributed by atoms with Crippen molar-refractivity contribution >= 4 is 49.1 Å². The Morgan fingerprint density at radius 2 is 1.76 bits per heavy atom. The van der Waals surface area contributed by atoms with E-state index in [9.17, 15) is 13.2 Å². The molecular weight excluding hydrogens is 476 g/mol. The second kappa shape index (κ2) is 7.91. The summed E-state index contributed by atoms with van der Waals surface area (Å²) >= 11 is 9.50. The summed E-state index contributed by atoms with van der Waals surface area (Å²) in [6, 6.07) is 20.0. The van der Waals surface area contributed by atoms with Crippen molar-refractivity contribution < 1.29 is 13.2 Å². The number of sulfonamides is 1. The molecule has 1 atom stereocenters. The Balaban J connectivity index is 1.96. The van der Waals surface area contributed by atoms with Gasteiger partial charge in [-0.3, -0.25) is 4.79 Å². The van der Waals surface area contributed by atoms with Crippen molar-refractivity contribution in [2.75, 3.05) is 11.9 Å². The smallest absolute Gasteiger partial charge is 0.244 e. The molecule has 0 aromatic heterocycles.